The summed E-state index contributed by atoms with van der Waals surface area (Å²) in [6, 6.07) is 7.87. The summed E-state index contributed by atoms with van der Waals surface area (Å²) in [6.07, 6.45) is 7.13. The van der Waals surface area contributed by atoms with Crippen molar-refractivity contribution in [3.63, 3.8) is 0 Å². The Morgan fingerprint density at radius 1 is 1.10 bits per heavy atom. The highest BCUT2D eigenvalue weighted by molar-refractivity contribution is 5.55. The fourth-order valence-electron chi connectivity index (χ4n) is 4.16. The van der Waals surface area contributed by atoms with Crippen LogP contribution in [0.3, 0.4) is 0 Å². The van der Waals surface area contributed by atoms with Crippen LogP contribution in [0.15, 0.2) is 18.2 Å². The van der Waals surface area contributed by atoms with Crippen molar-refractivity contribution in [1.29, 1.82) is 0 Å². The average molecular weight is 270 g/mol. The molecule has 108 valence electrons. The Balaban J connectivity index is 1.45. The van der Waals surface area contributed by atoms with Crippen LogP contribution in [0, 0.1) is 18.8 Å². The van der Waals surface area contributed by atoms with Crippen molar-refractivity contribution in [2.75, 3.05) is 18.0 Å². The summed E-state index contributed by atoms with van der Waals surface area (Å²) in [7, 11) is 0. The Morgan fingerprint density at radius 3 is 2.50 bits per heavy atom. The molecule has 4 rings (SSSR count). The van der Waals surface area contributed by atoms with Crippen LogP contribution in [0.2, 0.25) is 0 Å². The molecule has 0 bridgehead atoms. The molecule has 2 heteroatoms. The highest BCUT2D eigenvalue weighted by atomic mass is 15.2. The van der Waals surface area contributed by atoms with Crippen LogP contribution in [-0.4, -0.2) is 19.1 Å². The Morgan fingerprint density at radius 2 is 1.85 bits per heavy atom. The number of hydrogen-bond donors (Lipinski definition) is 1. The predicted molar refractivity (Wildman–Crippen MR) is 84.1 cm³/mol. The van der Waals surface area contributed by atoms with E-state index in [4.69, 9.17) is 0 Å². The Kier molecular flexibility index (Phi) is 3.22. The SMILES string of the molecule is Cc1cc(CNC2CC2)ccc1N1CC2CCCC2C1. The molecule has 2 unspecified atom stereocenters. The Bertz CT molecular complexity index is 480. The van der Waals surface area contributed by atoms with E-state index in [-0.39, 0.29) is 0 Å². The van der Waals surface area contributed by atoms with E-state index in [1.54, 1.807) is 0 Å². The molecule has 2 nitrogen and oxygen atoms in total. The van der Waals surface area contributed by atoms with Gasteiger partial charge in [-0.2, -0.15) is 0 Å². The first-order valence-corrected chi connectivity index (χ1v) is 8.37. The molecule has 1 heterocycles. The molecule has 2 aliphatic carbocycles. The van der Waals surface area contributed by atoms with Gasteiger partial charge in [-0.25, -0.2) is 0 Å². The monoisotopic (exact) mass is 270 g/mol. The molecule has 0 amide bonds. The van der Waals surface area contributed by atoms with E-state index in [1.165, 1.54) is 62.0 Å². The molecular weight excluding hydrogens is 244 g/mol. The van der Waals surface area contributed by atoms with Gasteiger partial charge in [-0.3, -0.25) is 0 Å². The van der Waals surface area contributed by atoms with Gasteiger partial charge in [0, 0.05) is 31.4 Å². The van der Waals surface area contributed by atoms with Crippen LogP contribution in [0.5, 0.6) is 0 Å². The molecule has 1 aromatic rings. The molecule has 0 aromatic heterocycles. The number of anilines is 1. The topological polar surface area (TPSA) is 15.3 Å². The standard InChI is InChI=1S/C18H26N2/c1-13-9-14(10-19-17-6-7-17)5-8-18(13)20-11-15-3-2-4-16(15)12-20/h5,8-9,15-17,19H,2-4,6-7,10-12H2,1H3. The second-order valence-electron chi connectivity index (χ2n) is 7.13. The van der Waals surface area contributed by atoms with Crippen molar-refractivity contribution in [3.05, 3.63) is 29.3 Å². The molecular formula is C18H26N2. The highest BCUT2D eigenvalue weighted by Gasteiger charge is 2.36. The van der Waals surface area contributed by atoms with E-state index in [9.17, 15) is 0 Å². The van der Waals surface area contributed by atoms with Gasteiger partial charge in [-0.05, 0) is 61.6 Å². The number of rotatable bonds is 4. The molecule has 3 aliphatic rings. The zero-order valence-electron chi connectivity index (χ0n) is 12.6. The molecule has 1 saturated heterocycles. The third kappa shape index (κ3) is 2.46. The predicted octanol–water partition coefficient (Wildman–Crippen LogP) is 3.48. The second-order valence-corrected chi connectivity index (χ2v) is 7.13. The zero-order valence-corrected chi connectivity index (χ0v) is 12.6. The minimum absolute atomic E-state index is 0.799. The molecule has 2 saturated carbocycles. The lowest BCUT2D eigenvalue weighted by Crippen LogP contribution is -2.22. The zero-order chi connectivity index (χ0) is 13.5. The van der Waals surface area contributed by atoms with Crippen LogP contribution in [0.25, 0.3) is 0 Å². The van der Waals surface area contributed by atoms with Gasteiger partial charge < -0.3 is 10.2 Å². The van der Waals surface area contributed by atoms with Gasteiger partial charge in [0.1, 0.15) is 0 Å². The normalized spacial score (nSPS) is 28.9. The molecule has 20 heavy (non-hydrogen) atoms. The van der Waals surface area contributed by atoms with Gasteiger partial charge in [0.25, 0.3) is 0 Å². The van der Waals surface area contributed by atoms with Crippen molar-refractivity contribution in [2.45, 2.75) is 51.6 Å². The minimum Gasteiger partial charge on any atom is -0.371 e. The van der Waals surface area contributed by atoms with Gasteiger partial charge in [0.05, 0.1) is 0 Å². The highest BCUT2D eigenvalue weighted by Crippen LogP contribution is 2.40. The van der Waals surface area contributed by atoms with E-state index in [0.717, 1.165) is 24.4 Å². The summed E-state index contributed by atoms with van der Waals surface area (Å²) in [5.74, 6) is 1.95. The van der Waals surface area contributed by atoms with Crippen molar-refractivity contribution in [2.24, 2.45) is 11.8 Å². The number of fused-ring (bicyclic) bond motifs is 1. The van der Waals surface area contributed by atoms with Gasteiger partial charge in [-0.15, -0.1) is 0 Å². The first-order valence-electron chi connectivity index (χ1n) is 8.37. The van der Waals surface area contributed by atoms with Gasteiger partial charge >= 0.3 is 0 Å². The molecule has 1 N–H and O–H groups in total. The molecule has 1 aliphatic heterocycles. The van der Waals surface area contributed by atoms with E-state index in [2.05, 4.69) is 35.3 Å². The molecule has 1 aromatic carbocycles. The van der Waals surface area contributed by atoms with Crippen LogP contribution in [0.1, 0.15) is 43.2 Å². The second kappa shape index (κ2) is 5.07. The van der Waals surface area contributed by atoms with E-state index < -0.39 is 0 Å². The maximum Gasteiger partial charge on any atom is 0.0396 e. The summed E-state index contributed by atoms with van der Waals surface area (Å²) < 4.78 is 0. The third-order valence-electron chi connectivity index (χ3n) is 5.50. The summed E-state index contributed by atoms with van der Waals surface area (Å²) in [6.45, 7) is 5.91. The number of benzene rings is 1. The Labute approximate surface area is 122 Å². The number of hydrogen-bond acceptors (Lipinski definition) is 2. The van der Waals surface area contributed by atoms with Crippen LogP contribution in [-0.2, 0) is 6.54 Å². The fraction of sp³-hybridized carbons (Fsp3) is 0.667. The first-order chi connectivity index (χ1) is 9.79. The largest absolute Gasteiger partial charge is 0.371 e. The lowest BCUT2D eigenvalue weighted by Gasteiger charge is -2.22. The number of aryl methyl sites for hydroxylation is 1. The first kappa shape index (κ1) is 12.7. The molecule has 3 fully saturated rings. The van der Waals surface area contributed by atoms with Crippen LogP contribution >= 0.6 is 0 Å². The molecule has 0 spiro atoms. The van der Waals surface area contributed by atoms with E-state index in [0.29, 0.717) is 0 Å². The van der Waals surface area contributed by atoms with Crippen LogP contribution in [0.4, 0.5) is 5.69 Å². The van der Waals surface area contributed by atoms with Crippen LogP contribution < -0.4 is 10.2 Å². The van der Waals surface area contributed by atoms with Crippen molar-refractivity contribution >= 4 is 5.69 Å². The smallest absolute Gasteiger partial charge is 0.0396 e. The van der Waals surface area contributed by atoms with Gasteiger partial charge in [-0.1, -0.05) is 18.6 Å². The van der Waals surface area contributed by atoms with Crippen molar-refractivity contribution < 1.29 is 0 Å². The molecule has 0 radical (unpaired) electrons. The lowest BCUT2D eigenvalue weighted by atomic mass is 10.0. The summed E-state index contributed by atoms with van der Waals surface area (Å²) in [4.78, 5) is 2.64. The van der Waals surface area contributed by atoms with Crippen molar-refractivity contribution in [1.82, 2.24) is 5.32 Å². The fourth-order valence-corrected chi connectivity index (χ4v) is 4.16. The summed E-state index contributed by atoms with van der Waals surface area (Å²) in [5, 5.41) is 3.61. The minimum atomic E-state index is 0.799. The number of nitrogens with zero attached hydrogens (tertiary/aromatic N) is 1. The molecule has 2 atom stereocenters. The maximum absolute atomic E-state index is 3.61. The maximum atomic E-state index is 3.61. The van der Waals surface area contributed by atoms with Crippen molar-refractivity contribution in [3.8, 4) is 0 Å². The van der Waals surface area contributed by atoms with E-state index in [1.807, 2.05) is 0 Å². The lowest BCUT2D eigenvalue weighted by molar-refractivity contribution is 0.494. The number of nitrogens with one attached hydrogen (secondary N) is 1. The van der Waals surface area contributed by atoms with Gasteiger partial charge in [0.2, 0.25) is 0 Å². The van der Waals surface area contributed by atoms with Gasteiger partial charge in [0.15, 0.2) is 0 Å². The summed E-state index contributed by atoms with van der Waals surface area (Å²) >= 11 is 0. The Hall–Kier alpha value is -1.02. The third-order valence-corrected chi connectivity index (χ3v) is 5.50. The summed E-state index contributed by atoms with van der Waals surface area (Å²) in [5.41, 5.74) is 4.38. The average Bonchev–Trinajstić information content (AvgIpc) is 3.02. The van der Waals surface area contributed by atoms with E-state index >= 15 is 0 Å². The quantitative estimate of drug-likeness (QED) is 0.901.